The molecule has 162 valence electrons. The topological polar surface area (TPSA) is 78.1 Å². The Morgan fingerprint density at radius 1 is 0.967 bits per heavy atom. The Balaban J connectivity index is 2.20. The first-order valence-corrected chi connectivity index (χ1v) is 10.2. The van der Waals surface area contributed by atoms with E-state index in [0.29, 0.717) is 59.1 Å². The molecular weight excluding hydrogens is 428 g/mol. The number of hydrogen-bond donors (Lipinski definition) is 2. The molecule has 2 aromatic carbocycles. The zero-order valence-electron chi connectivity index (χ0n) is 17.3. The summed E-state index contributed by atoms with van der Waals surface area (Å²) in [7, 11) is 1.53. The van der Waals surface area contributed by atoms with Crippen molar-refractivity contribution in [3.63, 3.8) is 0 Å². The second kappa shape index (κ2) is 11.5. The summed E-state index contributed by atoms with van der Waals surface area (Å²) < 4.78 is 22.1. The highest BCUT2D eigenvalue weighted by Crippen LogP contribution is 2.39. The van der Waals surface area contributed by atoms with E-state index in [-0.39, 0.29) is 5.11 Å². The van der Waals surface area contributed by atoms with E-state index >= 15 is 0 Å². The molecule has 1 amide bonds. The second-order valence-electron chi connectivity index (χ2n) is 5.86. The maximum atomic E-state index is 12.8. The monoisotopic (exact) mass is 452 g/mol. The number of hydrogen-bond acceptors (Lipinski definition) is 6. The Morgan fingerprint density at radius 2 is 1.57 bits per heavy atom. The van der Waals surface area contributed by atoms with Crippen LogP contribution >= 0.6 is 23.8 Å². The summed E-state index contributed by atoms with van der Waals surface area (Å²) in [6.45, 7) is 6.82. The fraction of sp³-hybridized carbons (Fsp3) is 0.333. The van der Waals surface area contributed by atoms with Gasteiger partial charge < -0.3 is 24.3 Å². The van der Waals surface area contributed by atoms with E-state index in [9.17, 15) is 4.79 Å². The lowest BCUT2D eigenvalue weighted by Crippen LogP contribution is -2.34. The van der Waals surface area contributed by atoms with E-state index in [1.165, 1.54) is 7.11 Å². The summed E-state index contributed by atoms with van der Waals surface area (Å²) in [5.41, 5.74) is 0.935. The SMILES string of the molecule is CCOc1cc(C(=O)NC(=S)Nc2ccc(OC)c(Cl)c2)cc(OCC)c1OCC. The average molecular weight is 453 g/mol. The number of methoxy groups -OCH3 is 1. The number of thiocarbonyl (C=S) groups is 1. The van der Waals surface area contributed by atoms with E-state index in [0.717, 1.165) is 0 Å². The Bertz CT molecular complexity index is 880. The molecule has 30 heavy (non-hydrogen) atoms. The molecule has 0 aliphatic carbocycles. The number of carbonyl (C=O) groups is 1. The van der Waals surface area contributed by atoms with Gasteiger partial charge >= 0.3 is 0 Å². The van der Waals surface area contributed by atoms with E-state index < -0.39 is 5.91 Å². The van der Waals surface area contributed by atoms with Crippen molar-refractivity contribution in [2.75, 3.05) is 32.2 Å². The van der Waals surface area contributed by atoms with Crippen LogP contribution in [-0.2, 0) is 0 Å². The largest absolute Gasteiger partial charge is 0.495 e. The minimum atomic E-state index is -0.419. The number of nitrogens with one attached hydrogen (secondary N) is 2. The first-order chi connectivity index (χ1) is 14.4. The number of rotatable bonds is 9. The predicted molar refractivity (Wildman–Crippen MR) is 122 cm³/mol. The van der Waals surface area contributed by atoms with E-state index in [2.05, 4.69) is 10.6 Å². The van der Waals surface area contributed by atoms with E-state index in [1.54, 1.807) is 30.3 Å². The Hall–Kier alpha value is -2.71. The third kappa shape index (κ3) is 6.14. The van der Waals surface area contributed by atoms with Gasteiger partial charge in [-0.15, -0.1) is 0 Å². The standard InChI is InChI=1S/C21H25ClN2O5S/c1-5-27-17-10-13(11-18(28-6-2)19(17)29-7-3)20(25)24-21(30)23-14-8-9-16(26-4)15(22)12-14/h8-12H,5-7H2,1-4H3,(H2,23,24,25,30). The molecule has 7 nitrogen and oxygen atoms in total. The highest BCUT2D eigenvalue weighted by Gasteiger charge is 2.19. The maximum absolute atomic E-state index is 12.8. The van der Waals surface area contributed by atoms with Crippen molar-refractivity contribution in [1.29, 1.82) is 0 Å². The summed E-state index contributed by atoms with van der Waals surface area (Å²) in [6, 6.07) is 8.28. The zero-order chi connectivity index (χ0) is 22.1. The summed E-state index contributed by atoms with van der Waals surface area (Å²) in [5.74, 6) is 1.44. The van der Waals surface area contributed by atoms with Crippen molar-refractivity contribution in [3.8, 4) is 23.0 Å². The first kappa shape index (κ1) is 23.6. The van der Waals surface area contributed by atoms with Crippen LogP contribution in [0, 0.1) is 0 Å². The van der Waals surface area contributed by atoms with Gasteiger partial charge in [-0.25, -0.2) is 0 Å². The first-order valence-electron chi connectivity index (χ1n) is 9.45. The molecule has 9 heteroatoms. The molecule has 0 saturated heterocycles. The average Bonchev–Trinajstić information content (AvgIpc) is 2.70. The molecule has 0 bridgehead atoms. The van der Waals surface area contributed by atoms with Gasteiger partial charge in [0.05, 0.1) is 32.0 Å². The Morgan fingerprint density at radius 3 is 2.07 bits per heavy atom. The van der Waals surface area contributed by atoms with Gasteiger partial charge in [-0.05, 0) is 63.3 Å². The van der Waals surface area contributed by atoms with Crippen LogP contribution in [0.15, 0.2) is 30.3 Å². The van der Waals surface area contributed by atoms with Crippen LogP contribution in [0.25, 0.3) is 0 Å². The fourth-order valence-electron chi connectivity index (χ4n) is 2.60. The van der Waals surface area contributed by atoms with Crippen molar-refractivity contribution >= 4 is 40.5 Å². The smallest absolute Gasteiger partial charge is 0.257 e. The lowest BCUT2D eigenvalue weighted by molar-refractivity contribution is 0.0976. The highest BCUT2D eigenvalue weighted by atomic mass is 35.5. The summed E-state index contributed by atoms with van der Waals surface area (Å²) in [6.07, 6.45) is 0. The van der Waals surface area contributed by atoms with Crippen LogP contribution in [0.1, 0.15) is 31.1 Å². The number of halogens is 1. The highest BCUT2D eigenvalue weighted by molar-refractivity contribution is 7.80. The number of ether oxygens (including phenoxy) is 4. The zero-order valence-corrected chi connectivity index (χ0v) is 18.9. The van der Waals surface area contributed by atoms with Crippen molar-refractivity contribution < 1.29 is 23.7 Å². The molecule has 0 aliphatic rings. The molecule has 2 N–H and O–H groups in total. The molecule has 0 unspecified atom stereocenters. The molecule has 0 fully saturated rings. The van der Waals surface area contributed by atoms with Crippen LogP contribution in [0.4, 0.5) is 5.69 Å². The Labute approximate surface area is 186 Å². The van der Waals surface area contributed by atoms with Gasteiger partial charge in [0.15, 0.2) is 16.6 Å². The normalized spacial score (nSPS) is 10.2. The molecule has 2 aromatic rings. The molecular formula is C21H25ClN2O5S. The van der Waals surface area contributed by atoms with Gasteiger partial charge in [0.1, 0.15) is 5.75 Å². The molecule has 0 saturated carbocycles. The summed E-state index contributed by atoms with van der Waals surface area (Å²) >= 11 is 11.4. The predicted octanol–water partition coefficient (Wildman–Crippen LogP) is 4.67. The summed E-state index contributed by atoms with van der Waals surface area (Å²) in [4.78, 5) is 12.8. The van der Waals surface area contributed by atoms with Crippen LogP contribution in [0.2, 0.25) is 5.02 Å². The number of carbonyl (C=O) groups excluding carboxylic acids is 1. The van der Waals surface area contributed by atoms with Crippen LogP contribution in [0.3, 0.4) is 0 Å². The quantitative estimate of drug-likeness (QED) is 0.535. The molecule has 0 aliphatic heterocycles. The summed E-state index contributed by atoms with van der Waals surface area (Å²) in [5, 5.41) is 6.10. The van der Waals surface area contributed by atoms with E-state index in [4.69, 9.17) is 42.8 Å². The lowest BCUT2D eigenvalue weighted by atomic mass is 10.1. The van der Waals surface area contributed by atoms with Gasteiger partial charge in [-0.2, -0.15) is 0 Å². The molecule has 0 aromatic heterocycles. The van der Waals surface area contributed by atoms with Crippen molar-refractivity contribution in [1.82, 2.24) is 5.32 Å². The molecule has 0 radical (unpaired) electrons. The number of anilines is 1. The maximum Gasteiger partial charge on any atom is 0.257 e. The van der Waals surface area contributed by atoms with E-state index in [1.807, 2.05) is 20.8 Å². The lowest BCUT2D eigenvalue weighted by Gasteiger charge is -2.17. The third-order valence-corrected chi connectivity index (χ3v) is 4.31. The van der Waals surface area contributed by atoms with Gasteiger partial charge in [-0.1, -0.05) is 11.6 Å². The minimum absolute atomic E-state index is 0.117. The molecule has 0 atom stereocenters. The van der Waals surface area contributed by atoms with Crippen molar-refractivity contribution in [2.45, 2.75) is 20.8 Å². The Kier molecular flexibility index (Phi) is 9.01. The minimum Gasteiger partial charge on any atom is -0.495 e. The van der Waals surface area contributed by atoms with Crippen molar-refractivity contribution in [3.05, 3.63) is 40.9 Å². The molecule has 0 spiro atoms. The van der Waals surface area contributed by atoms with Gasteiger partial charge in [0.25, 0.3) is 5.91 Å². The number of amides is 1. The second-order valence-corrected chi connectivity index (χ2v) is 6.67. The van der Waals surface area contributed by atoms with Gasteiger partial charge in [0, 0.05) is 11.3 Å². The number of benzene rings is 2. The molecule has 2 rings (SSSR count). The van der Waals surface area contributed by atoms with Gasteiger partial charge in [0.2, 0.25) is 5.75 Å². The van der Waals surface area contributed by atoms with Crippen molar-refractivity contribution in [2.24, 2.45) is 0 Å². The van der Waals surface area contributed by atoms with Gasteiger partial charge in [-0.3, -0.25) is 10.1 Å². The van der Waals surface area contributed by atoms with Crippen LogP contribution in [0.5, 0.6) is 23.0 Å². The fourth-order valence-corrected chi connectivity index (χ4v) is 3.07. The van der Waals surface area contributed by atoms with Crippen LogP contribution in [-0.4, -0.2) is 38.0 Å². The van der Waals surface area contributed by atoms with Crippen LogP contribution < -0.4 is 29.6 Å². The molecule has 0 heterocycles. The third-order valence-electron chi connectivity index (χ3n) is 3.81.